The van der Waals surface area contributed by atoms with Gasteiger partial charge in [0, 0.05) is 6.07 Å². The minimum atomic E-state index is -0.999. The highest BCUT2D eigenvalue weighted by atomic mass is 19.1. The van der Waals surface area contributed by atoms with Gasteiger partial charge < -0.3 is 0 Å². The lowest BCUT2D eigenvalue weighted by Gasteiger charge is -2.05. The Labute approximate surface area is 102 Å². The normalized spacial score (nSPS) is 10.4. The van der Waals surface area contributed by atoms with E-state index in [0.717, 1.165) is 18.2 Å². The first-order valence-electron chi connectivity index (χ1n) is 5.25. The van der Waals surface area contributed by atoms with Gasteiger partial charge in [-0.05, 0) is 31.2 Å². The summed E-state index contributed by atoms with van der Waals surface area (Å²) in [5.74, 6) is -3.31. The summed E-state index contributed by atoms with van der Waals surface area (Å²) in [4.78, 5) is 11.9. The summed E-state index contributed by atoms with van der Waals surface area (Å²) in [6, 6.07) is 6.55. The fourth-order valence-electron chi connectivity index (χ4n) is 1.63. The van der Waals surface area contributed by atoms with Crippen molar-refractivity contribution < 1.29 is 18.0 Å². The van der Waals surface area contributed by atoms with Gasteiger partial charge in [-0.3, -0.25) is 4.79 Å². The molecule has 0 spiro atoms. The first-order chi connectivity index (χ1) is 8.49. The van der Waals surface area contributed by atoms with Crippen LogP contribution in [0.5, 0.6) is 0 Å². The standard InChI is InChI=1S/C14H9F3O/c1-8-2-5-12(16)11(6-8)14(18)10-4-3-9(15)7-13(10)17/h2-7H,1H3. The zero-order chi connectivity index (χ0) is 13.3. The summed E-state index contributed by atoms with van der Waals surface area (Å²) in [6.07, 6.45) is 0. The van der Waals surface area contributed by atoms with Gasteiger partial charge in [-0.1, -0.05) is 11.6 Å². The lowest BCUT2D eigenvalue weighted by molar-refractivity contribution is 0.103. The number of carbonyl (C=O) groups is 1. The molecule has 0 atom stereocenters. The van der Waals surface area contributed by atoms with Gasteiger partial charge in [0.05, 0.1) is 11.1 Å². The minimum Gasteiger partial charge on any atom is -0.288 e. The molecule has 18 heavy (non-hydrogen) atoms. The van der Waals surface area contributed by atoms with Crippen LogP contribution in [-0.2, 0) is 0 Å². The highest BCUT2D eigenvalue weighted by Gasteiger charge is 2.18. The van der Waals surface area contributed by atoms with Crippen LogP contribution in [-0.4, -0.2) is 5.78 Å². The van der Waals surface area contributed by atoms with Gasteiger partial charge in [-0.2, -0.15) is 0 Å². The van der Waals surface area contributed by atoms with E-state index < -0.39 is 23.2 Å². The smallest absolute Gasteiger partial charge is 0.198 e. The lowest BCUT2D eigenvalue weighted by atomic mass is 10.0. The summed E-state index contributed by atoms with van der Waals surface area (Å²) >= 11 is 0. The van der Waals surface area contributed by atoms with Gasteiger partial charge in [0.1, 0.15) is 17.5 Å². The summed E-state index contributed by atoms with van der Waals surface area (Å²) in [6.45, 7) is 1.69. The largest absolute Gasteiger partial charge is 0.288 e. The van der Waals surface area contributed by atoms with Crippen molar-refractivity contribution in [2.24, 2.45) is 0 Å². The van der Waals surface area contributed by atoms with E-state index in [-0.39, 0.29) is 11.1 Å². The number of ketones is 1. The number of hydrogen-bond acceptors (Lipinski definition) is 1. The second-order valence-electron chi connectivity index (χ2n) is 3.94. The van der Waals surface area contributed by atoms with Gasteiger partial charge >= 0.3 is 0 Å². The molecule has 0 saturated carbocycles. The fraction of sp³-hybridized carbons (Fsp3) is 0.0714. The maximum atomic E-state index is 13.5. The second-order valence-corrected chi connectivity index (χ2v) is 3.94. The first-order valence-corrected chi connectivity index (χ1v) is 5.25. The van der Waals surface area contributed by atoms with E-state index in [1.165, 1.54) is 12.1 Å². The highest BCUT2D eigenvalue weighted by Crippen LogP contribution is 2.18. The van der Waals surface area contributed by atoms with Crippen molar-refractivity contribution in [1.82, 2.24) is 0 Å². The van der Waals surface area contributed by atoms with E-state index in [4.69, 9.17) is 0 Å². The highest BCUT2D eigenvalue weighted by molar-refractivity contribution is 6.09. The molecule has 4 heteroatoms. The molecule has 1 nitrogen and oxygen atoms in total. The molecule has 0 aliphatic carbocycles. The molecule has 0 heterocycles. The lowest BCUT2D eigenvalue weighted by Crippen LogP contribution is -2.07. The monoisotopic (exact) mass is 250 g/mol. The Balaban J connectivity index is 2.51. The van der Waals surface area contributed by atoms with Crippen molar-refractivity contribution in [2.45, 2.75) is 6.92 Å². The molecule has 0 bridgehead atoms. The third-order valence-electron chi connectivity index (χ3n) is 2.54. The number of rotatable bonds is 2. The maximum absolute atomic E-state index is 13.5. The van der Waals surface area contributed by atoms with Crippen LogP contribution in [0.2, 0.25) is 0 Å². The Morgan fingerprint density at radius 1 is 0.889 bits per heavy atom. The summed E-state index contributed by atoms with van der Waals surface area (Å²) in [5.41, 5.74) is 0.115. The molecule has 2 rings (SSSR count). The van der Waals surface area contributed by atoms with Crippen LogP contribution in [0.15, 0.2) is 36.4 Å². The van der Waals surface area contributed by atoms with Crippen molar-refractivity contribution in [3.8, 4) is 0 Å². The Bertz CT molecular complexity index is 620. The molecule has 0 aromatic heterocycles. The molecule has 0 fully saturated rings. The summed E-state index contributed by atoms with van der Waals surface area (Å²) in [7, 11) is 0. The summed E-state index contributed by atoms with van der Waals surface area (Å²) in [5, 5.41) is 0. The Morgan fingerprint density at radius 3 is 2.28 bits per heavy atom. The van der Waals surface area contributed by atoms with E-state index in [2.05, 4.69) is 0 Å². The Hall–Kier alpha value is -2.10. The molecular weight excluding hydrogens is 241 g/mol. The van der Waals surface area contributed by atoms with E-state index in [1.807, 2.05) is 0 Å². The maximum Gasteiger partial charge on any atom is 0.198 e. The molecule has 0 amide bonds. The van der Waals surface area contributed by atoms with E-state index in [0.29, 0.717) is 11.6 Å². The van der Waals surface area contributed by atoms with Crippen molar-refractivity contribution in [3.63, 3.8) is 0 Å². The number of benzene rings is 2. The van der Waals surface area contributed by atoms with Crippen LogP contribution in [0.25, 0.3) is 0 Å². The zero-order valence-electron chi connectivity index (χ0n) is 9.51. The quantitative estimate of drug-likeness (QED) is 0.743. The van der Waals surface area contributed by atoms with Gasteiger partial charge in [-0.15, -0.1) is 0 Å². The van der Waals surface area contributed by atoms with E-state index in [1.54, 1.807) is 6.92 Å². The van der Waals surface area contributed by atoms with Gasteiger partial charge in [-0.25, -0.2) is 13.2 Å². The number of carbonyl (C=O) groups excluding carboxylic acids is 1. The molecular formula is C14H9F3O. The molecule has 2 aromatic carbocycles. The predicted octanol–water partition coefficient (Wildman–Crippen LogP) is 3.64. The fourth-order valence-corrected chi connectivity index (χ4v) is 1.63. The van der Waals surface area contributed by atoms with Crippen LogP contribution < -0.4 is 0 Å². The van der Waals surface area contributed by atoms with Crippen LogP contribution in [0.4, 0.5) is 13.2 Å². The van der Waals surface area contributed by atoms with Crippen molar-refractivity contribution in [3.05, 3.63) is 70.5 Å². The van der Waals surface area contributed by atoms with Crippen LogP contribution in [0, 0.1) is 24.4 Å². The molecule has 0 aliphatic rings. The number of aryl methyl sites for hydroxylation is 1. The second kappa shape index (κ2) is 4.64. The minimum absolute atomic E-state index is 0.222. The van der Waals surface area contributed by atoms with Crippen molar-refractivity contribution >= 4 is 5.78 Å². The first kappa shape index (κ1) is 12.4. The Morgan fingerprint density at radius 2 is 1.61 bits per heavy atom. The molecule has 0 radical (unpaired) electrons. The molecule has 0 unspecified atom stereocenters. The van der Waals surface area contributed by atoms with Crippen LogP contribution >= 0.6 is 0 Å². The molecule has 92 valence electrons. The van der Waals surface area contributed by atoms with E-state index in [9.17, 15) is 18.0 Å². The van der Waals surface area contributed by atoms with Gasteiger partial charge in [0.25, 0.3) is 0 Å². The third-order valence-corrected chi connectivity index (χ3v) is 2.54. The predicted molar refractivity (Wildman–Crippen MR) is 60.9 cm³/mol. The average molecular weight is 250 g/mol. The molecule has 0 N–H and O–H groups in total. The zero-order valence-corrected chi connectivity index (χ0v) is 9.51. The van der Waals surface area contributed by atoms with Crippen LogP contribution in [0.1, 0.15) is 21.5 Å². The molecule has 0 saturated heterocycles. The number of halogens is 3. The SMILES string of the molecule is Cc1ccc(F)c(C(=O)c2ccc(F)cc2F)c1. The van der Waals surface area contributed by atoms with Gasteiger partial charge in [0.15, 0.2) is 5.78 Å². The van der Waals surface area contributed by atoms with Gasteiger partial charge in [0.2, 0.25) is 0 Å². The third kappa shape index (κ3) is 2.27. The van der Waals surface area contributed by atoms with Crippen LogP contribution in [0.3, 0.4) is 0 Å². The topological polar surface area (TPSA) is 17.1 Å². The Kier molecular flexibility index (Phi) is 3.19. The summed E-state index contributed by atoms with van der Waals surface area (Å²) < 4.78 is 39.7. The molecule has 2 aromatic rings. The van der Waals surface area contributed by atoms with Crippen molar-refractivity contribution in [1.29, 1.82) is 0 Å². The van der Waals surface area contributed by atoms with E-state index >= 15 is 0 Å². The van der Waals surface area contributed by atoms with Crippen molar-refractivity contribution in [2.75, 3.05) is 0 Å². The molecule has 0 aliphatic heterocycles. The average Bonchev–Trinajstić information content (AvgIpc) is 2.31. The number of hydrogen-bond donors (Lipinski definition) is 0.